The number of aromatic nitrogens is 2. The molecule has 1 amide bonds. The van der Waals surface area contributed by atoms with Crippen molar-refractivity contribution in [2.24, 2.45) is 5.92 Å². The van der Waals surface area contributed by atoms with Crippen molar-refractivity contribution in [3.05, 3.63) is 63.1 Å². The number of nitriles is 1. The molecule has 3 unspecified atom stereocenters. The number of likely N-dealkylation sites (tertiary alicyclic amines) is 1. The van der Waals surface area contributed by atoms with E-state index in [1.54, 1.807) is 25.1 Å². The second-order valence-electron chi connectivity index (χ2n) is 12.4. The average molecular weight is 635 g/mol. The van der Waals surface area contributed by atoms with Gasteiger partial charge in [0.2, 0.25) is 5.91 Å². The fraction of sp³-hybridized carbons (Fsp3) is 0.441. The Morgan fingerprint density at radius 2 is 2.05 bits per heavy atom. The zero-order valence-electron chi connectivity index (χ0n) is 24.5. The number of carbonyl (C=O) groups excluding carboxylic acids is 1. The van der Waals surface area contributed by atoms with Crippen LogP contribution >= 0.6 is 23.2 Å². The zero-order valence-corrected chi connectivity index (χ0v) is 26.1. The molecule has 1 saturated carbocycles. The molecule has 2 aromatic heterocycles. The van der Waals surface area contributed by atoms with Crippen LogP contribution in [-0.2, 0) is 11.2 Å². The summed E-state index contributed by atoms with van der Waals surface area (Å²) in [6, 6.07) is 11.3. The molecule has 0 radical (unpaired) electrons. The molecule has 4 aromatic rings. The van der Waals surface area contributed by atoms with E-state index in [0.717, 1.165) is 68.3 Å². The van der Waals surface area contributed by atoms with Crippen LogP contribution in [0.4, 0.5) is 4.39 Å². The van der Waals surface area contributed by atoms with Crippen LogP contribution in [-0.4, -0.2) is 45.1 Å². The minimum Gasteiger partial charge on any atom is -0.387 e. The predicted molar refractivity (Wildman–Crippen MR) is 170 cm³/mol. The molecule has 1 aliphatic carbocycles. The number of nitrogens with zero attached hydrogens (tertiary/aromatic N) is 4. The highest BCUT2D eigenvalue weighted by molar-refractivity contribution is 6.43. The molecule has 2 aromatic carbocycles. The first-order valence-corrected chi connectivity index (χ1v) is 16.3. The molecule has 3 atom stereocenters. The summed E-state index contributed by atoms with van der Waals surface area (Å²) in [4.78, 5) is 20.2. The standard InChI is InChI=1S/C34H34Cl2FN5O2/c1-18(43)31-24-16-27(26-8-4-14-41(26)34(44)19-9-10-19)42(21-11-13-39-17-21)33(24)23-15-20(5-3-12-38)28(30(37)32(23)40-31)22-6-2-7-25(35)29(22)36/h2,6-7,15-16,18-19,21,26,39,43H,3-5,8-11,13-14,17H2,1H3. The smallest absolute Gasteiger partial charge is 0.226 e. The van der Waals surface area contributed by atoms with Gasteiger partial charge >= 0.3 is 0 Å². The molecule has 10 heteroatoms. The molecule has 228 valence electrons. The Balaban J connectivity index is 1.56. The van der Waals surface area contributed by atoms with Crippen LogP contribution in [0.15, 0.2) is 30.3 Å². The number of benzene rings is 2. The second-order valence-corrected chi connectivity index (χ2v) is 13.2. The van der Waals surface area contributed by atoms with Gasteiger partial charge in [-0.2, -0.15) is 5.26 Å². The summed E-state index contributed by atoms with van der Waals surface area (Å²) in [5.74, 6) is -0.222. The van der Waals surface area contributed by atoms with Crippen molar-refractivity contribution in [1.29, 1.82) is 5.26 Å². The third kappa shape index (κ3) is 4.85. The van der Waals surface area contributed by atoms with E-state index in [0.29, 0.717) is 33.7 Å². The van der Waals surface area contributed by atoms with E-state index in [1.807, 2.05) is 11.0 Å². The van der Waals surface area contributed by atoms with Crippen LogP contribution < -0.4 is 5.32 Å². The molecular weight excluding hydrogens is 600 g/mol. The van der Waals surface area contributed by atoms with Gasteiger partial charge in [-0.05, 0) is 75.8 Å². The summed E-state index contributed by atoms with van der Waals surface area (Å²) >= 11 is 13.0. The maximum absolute atomic E-state index is 17.0. The molecule has 2 saturated heterocycles. The largest absolute Gasteiger partial charge is 0.387 e. The number of amides is 1. The van der Waals surface area contributed by atoms with E-state index < -0.39 is 11.9 Å². The molecule has 44 heavy (non-hydrogen) atoms. The van der Waals surface area contributed by atoms with Gasteiger partial charge in [-0.25, -0.2) is 9.37 Å². The Bertz CT molecular complexity index is 1840. The molecule has 3 aliphatic rings. The van der Waals surface area contributed by atoms with E-state index in [-0.39, 0.29) is 46.4 Å². The van der Waals surface area contributed by atoms with Crippen LogP contribution in [0.5, 0.6) is 0 Å². The first-order chi connectivity index (χ1) is 21.3. The van der Waals surface area contributed by atoms with Crippen molar-refractivity contribution in [2.45, 2.75) is 70.1 Å². The molecule has 0 spiro atoms. The highest BCUT2D eigenvalue weighted by Gasteiger charge is 2.41. The second kappa shape index (κ2) is 11.6. The van der Waals surface area contributed by atoms with Crippen LogP contribution in [0.2, 0.25) is 10.0 Å². The number of aliphatic hydroxyl groups excluding tert-OH is 1. The first-order valence-electron chi connectivity index (χ1n) is 15.5. The van der Waals surface area contributed by atoms with Gasteiger partial charge in [-0.1, -0.05) is 35.3 Å². The minimum absolute atomic E-state index is 0.0843. The number of aliphatic hydroxyl groups is 1. The Morgan fingerprint density at radius 3 is 2.75 bits per heavy atom. The molecule has 7 rings (SSSR count). The Labute approximate surface area is 265 Å². The lowest BCUT2D eigenvalue weighted by molar-refractivity contribution is -0.133. The third-order valence-electron chi connectivity index (χ3n) is 9.48. The topological polar surface area (TPSA) is 94.2 Å². The fourth-order valence-electron chi connectivity index (χ4n) is 7.28. The van der Waals surface area contributed by atoms with Gasteiger partial charge < -0.3 is 19.9 Å². The van der Waals surface area contributed by atoms with Gasteiger partial charge in [-0.3, -0.25) is 4.79 Å². The normalized spacial score (nSPS) is 21.0. The number of nitrogens with one attached hydrogen (secondary N) is 1. The SMILES string of the molecule is CC(O)c1nc2c(F)c(-c3cccc(Cl)c3Cl)c(CCC#N)cc2c2c1cc(C1CCCN1C(=O)C1CC1)n2C1CCNC1. The maximum Gasteiger partial charge on any atom is 0.226 e. The quantitative estimate of drug-likeness (QED) is 0.221. The van der Waals surface area contributed by atoms with Crippen LogP contribution in [0, 0.1) is 23.1 Å². The van der Waals surface area contributed by atoms with Crippen molar-refractivity contribution in [1.82, 2.24) is 19.8 Å². The fourth-order valence-corrected chi connectivity index (χ4v) is 7.68. The lowest BCUT2D eigenvalue weighted by atomic mass is 9.92. The van der Waals surface area contributed by atoms with Crippen molar-refractivity contribution in [2.75, 3.05) is 19.6 Å². The van der Waals surface area contributed by atoms with Gasteiger partial charge in [-0.15, -0.1) is 0 Å². The number of fused-ring (bicyclic) bond motifs is 3. The first kappa shape index (κ1) is 29.5. The van der Waals surface area contributed by atoms with E-state index in [4.69, 9.17) is 28.2 Å². The van der Waals surface area contributed by atoms with E-state index in [9.17, 15) is 15.2 Å². The summed E-state index contributed by atoms with van der Waals surface area (Å²) in [6.45, 7) is 3.97. The monoisotopic (exact) mass is 633 g/mol. The van der Waals surface area contributed by atoms with Crippen LogP contribution in [0.25, 0.3) is 32.9 Å². The maximum atomic E-state index is 17.0. The molecule has 2 aliphatic heterocycles. The number of pyridine rings is 1. The van der Waals surface area contributed by atoms with Crippen molar-refractivity contribution < 1.29 is 14.3 Å². The van der Waals surface area contributed by atoms with E-state index in [2.05, 4.69) is 22.0 Å². The summed E-state index contributed by atoms with van der Waals surface area (Å²) in [5, 5.41) is 25.9. The van der Waals surface area contributed by atoms with Crippen LogP contribution in [0.1, 0.15) is 80.6 Å². The average Bonchev–Trinajstić information content (AvgIpc) is 3.36. The molecule has 7 nitrogen and oxygen atoms in total. The minimum atomic E-state index is -0.962. The Hall–Kier alpha value is -3.22. The zero-order chi connectivity index (χ0) is 30.7. The number of halogens is 3. The highest BCUT2D eigenvalue weighted by atomic mass is 35.5. The molecule has 2 N–H and O–H groups in total. The lowest BCUT2D eigenvalue weighted by Crippen LogP contribution is -2.33. The summed E-state index contributed by atoms with van der Waals surface area (Å²) in [7, 11) is 0. The Morgan fingerprint density at radius 1 is 1.23 bits per heavy atom. The summed E-state index contributed by atoms with van der Waals surface area (Å²) in [6.07, 6.45) is 4.09. The van der Waals surface area contributed by atoms with Gasteiger partial charge in [0.15, 0.2) is 5.82 Å². The number of aryl methyl sites for hydroxylation is 1. The van der Waals surface area contributed by atoms with Crippen LogP contribution in [0.3, 0.4) is 0 Å². The number of rotatable bonds is 7. The molecular formula is C34H34Cl2FN5O2. The van der Waals surface area contributed by atoms with Gasteiger partial charge in [0.1, 0.15) is 5.52 Å². The summed E-state index contributed by atoms with van der Waals surface area (Å²) in [5.41, 5.74) is 3.68. The van der Waals surface area contributed by atoms with Gasteiger partial charge in [0.05, 0.1) is 39.5 Å². The summed E-state index contributed by atoms with van der Waals surface area (Å²) < 4.78 is 19.3. The Kier molecular flexibility index (Phi) is 7.78. The van der Waals surface area contributed by atoms with Gasteiger partial charge in [0.25, 0.3) is 0 Å². The third-order valence-corrected chi connectivity index (χ3v) is 10.3. The van der Waals surface area contributed by atoms with E-state index in [1.165, 1.54) is 0 Å². The number of hydrogen-bond acceptors (Lipinski definition) is 5. The van der Waals surface area contributed by atoms with Crippen molar-refractivity contribution in [3.63, 3.8) is 0 Å². The molecule has 4 heterocycles. The molecule has 0 bridgehead atoms. The number of hydrogen-bond donors (Lipinski definition) is 2. The van der Waals surface area contributed by atoms with Gasteiger partial charge in [0, 0.05) is 59.1 Å². The predicted octanol–water partition coefficient (Wildman–Crippen LogP) is 7.42. The molecule has 3 fully saturated rings. The lowest BCUT2D eigenvalue weighted by Gasteiger charge is -2.28. The van der Waals surface area contributed by atoms with Crippen molar-refractivity contribution >= 4 is 50.9 Å². The van der Waals surface area contributed by atoms with E-state index >= 15 is 4.39 Å². The van der Waals surface area contributed by atoms with Crippen molar-refractivity contribution in [3.8, 4) is 17.2 Å². The highest BCUT2D eigenvalue weighted by Crippen LogP contribution is 2.46. The number of carbonyl (C=O) groups is 1.